The van der Waals surface area contributed by atoms with Crippen LogP contribution < -0.4 is 0 Å². The van der Waals surface area contributed by atoms with E-state index in [1.807, 2.05) is 0 Å². The first-order valence-electron chi connectivity index (χ1n) is 5.12. The van der Waals surface area contributed by atoms with E-state index in [1.54, 1.807) is 0 Å². The number of likely N-dealkylation sites (tertiary alicyclic amines) is 1. The molecule has 0 aliphatic carbocycles. The van der Waals surface area contributed by atoms with Gasteiger partial charge in [-0.3, -0.25) is 20.1 Å². The molecule has 11 nitrogen and oxygen atoms in total. The molecule has 11 heteroatoms. The molecule has 0 amide bonds. The molecule has 1 atom stereocenters. The molecule has 19 heavy (non-hydrogen) atoms. The van der Waals surface area contributed by atoms with Gasteiger partial charge in [-0.05, 0) is 0 Å². The molecule has 0 aromatic carbocycles. The topological polar surface area (TPSA) is 199 Å². The monoisotopic (exact) mass is 286 g/mol. The molecule has 1 unspecified atom stereocenters. The first-order valence-corrected chi connectivity index (χ1v) is 5.12. The molecule has 112 valence electrons. The summed E-state index contributed by atoms with van der Waals surface area (Å²) in [7, 11) is 0. The molecule has 1 fully saturated rings. The quantitative estimate of drug-likeness (QED) is 0.174. The van der Waals surface area contributed by atoms with Crippen molar-refractivity contribution in [3.63, 3.8) is 0 Å². The molecule has 1 aliphatic heterocycles. The summed E-state index contributed by atoms with van der Waals surface area (Å²) in [6.45, 7) is -1.25. The number of carboxylic acid groups (broad SMARTS) is 1. The third-order valence-corrected chi connectivity index (χ3v) is 3.10. The summed E-state index contributed by atoms with van der Waals surface area (Å²) < 4.78 is -2.36. The number of hydrogen-bond donors (Lipinski definition) is 9. The highest BCUT2D eigenvalue weighted by Crippen LogP contribution is 2.51. The molecule has 0 spiro atoms. The van der Waals surface area contributed by atoms with E-state index in [2.05, 4.69) is 0 Å². The van der Waals surface area contributed by atoms with Gasteiger partial charge in [0.05, 0.1) is 6.42 Å². The van der Waals surface area contributed by atoms with Crippen molar-refractivity contribution in [1.29, 1.82) is 0 Å². The lowest BCUT2D eigenvalue weighted by atomic mass is 9.95. The lowest BCUT2D eigenvalue weighted by molar-refractivity contribution is -1.23. The van der Waals surface area contributed by atoms with Crippen LogP contribution in [-0.2, 0) is 4.79 Å². The second-order valence-electron chi connectivity index (χ2n) is 4.57. The van der Waals surface area contributed by atoms with E-state index in [4.69, 9.17) is 20.4 Å². The van der Waals surface area contributed by atoms with Gasteiger partial charge < -0.3 is 30.6 Å². The standard InChI is InChI=1S/C8H15NO10/c10-4(1-5(11)12)2-9(8(17,18)19)6(13,14)3-7(9,15)16/h4,10,13-19H,1-3H2/p+1. The van der Waals surface area contributed by atoms with E-state index in [-0.39, 0.29) is 0 Å². The summed E-state index contributed by atoms with van der Waals surface area (Å²) in [6, 6.07) is 0. The number of quaternary nitrogens is 1. The van der Waals surface area contributed by atoms with Crippen LogP contribution in [0.2, 0.25) is 0 Å². The normalized spacial score (nSPS) is 25.5. The van der Waals surface area contributed by atoms with Crippen LogP contribution in [0.15, 0.2) is 0 Å². The van der Waals surface area contributed by atoms with Gasteiger partial charge in [0.15, 0.2) is 6.42 Å². The lowest BCUT2D eigenvalue weighted by Gasteiger charge is -2.62. The smallest absolute Gasteiger partial charge is 0.450 e. The number of carbonyl (C=O) groups is 1. The summed E-state index contributed by atoms with van der Waals surface area (Å²) in [4.78, 5) is 10.4. The lowest BCUT2D eigenvalue weighted by Crippen LogP contribution is -2.93. The number of aliphatic carboxylic acids is 1. The summed E-state index contributed by atoms with van der Waals surface area (Å²) in [5.41, 5.74) is 0. The Hall–Kier alpha value is -0.890. The Morgan fingerprint density at radius 3 is 1.84 bits per heavy atom. The Morgan fingerprint density at radius 1 is 1.16 bits per heavy atom. The van der Waals surface area contributed by atoms with Crippen molar-refractivity contribution in [2.24, 2.45) is 0 Å². The van der Waals surface area contributed by atoms with E-state index < -0.39 is 53.9 Å². The van der Waals surface area contributed by atoms with Crippen molar-refractivity contribution in [2.75, 3.05) is 6.54 Å². The fourth-order valence-electron chi connectivity index (χ4n) is 2.26. The second-order valence-corrected chi connectivity index (χ2v) is 4.57. The molecule has 0 aromatic heterocycles. The van der Waals surface area contributed by atoms with Crippen LogP contribution in [0.25, 0.3) is 0 Å². The summed E-state index contributed by atoms with van der Waals surface area (Å²) >= 11 is 0. The van der Waals surface area contributed by atoms with Crippen LogP contribution in [0.5, 0.6) is 0 Å². The molecule has 9 N–H and O–H groups in total. The zero-order chi connectivity index (χ0) is 15.3. The van der Waals surface area contributed by atoms with Crippen LogP contribution in [0, 0.1) is 0 Å². The van der Waals surface area contributed by atoms with Crippen molar-refractivity contribution in [3.05, 3.63) is 0 Å². The summed E-state index contributed by atoms with van der Waals surface area (Å²) in [5.74, 6) is -7.89. The Labute approximate surface area is 106 Å². The number of rotatable bonds is 5. The van der Waals surface area contributed by atoms with E-state index in [0.29, 0.717) is 0 Å². The van der Waals surface area contributed by atoms with Crippen LogP contribution in [0.4, 0.5) is 0 Å². The van der Waals surface area contributed by atoms with Crippen molar-refractivity contribution >= 4 is 5.97 Å². The first kappa shape index (κ1) is 16.2. The predicted octanol–water partition coefficient (Wildman–Crippen LogP) is -5.09. The molecule has 1 aliphatic rings. The molecular formula is C8H16NO10+. The number of hydrogen-bond acceptors (Lipinski definition) is 9. The van der Waals surface area contributed by atoms with Crippen LogP contribution in [-0.4, -0.2) is 87.0 Å². The van der Waals surface area contributed by atoms with Gasteiger partial charge in [-0.1, -0.05) is 0 Å². The number of carboxylic acids is 1. The fraction of sp³-hybridized carbons (Fsp3) is 0.875. The third-order valence-electron chi connectivity index (χ3n) is 3.10. The molecule has 1 rings (SSSR count). The van der Waals surface area contributed by atoms with Crippen LogP contribution in [0.1, 0.15) is 12.8 Å². The highest BCUT2D eigenvalue weighted by molar-refractivity contribution is 5.67. The number of aliphatic hydroxyl groups excluding tert-OH is 1. The van der Waals surface area contributed by atoms with Crippen LogP contribution >= 0.6 is 0 Å². The van der Waals surface area contributed by atoms with E-state index in [1.165, 1.54) is 0 Å². The molecule has 0 aromatic rings. The Morgan fingerprint density at radius 2 is 1.58 bits per heavy atom. The van der Waals surface area contributed by atoms with Crippen LogP contribution in [0.3, 0.4) is 0 Å². The molecular weight excluding hydrogens is 270 g/mol. The number of nitrogens with zero attached hydrogens (tertiary/aromatic N) is 1. The highest BCUT2D eigenvalue weighted by atomic mass is 16.8. The minimum absolute atomic E-state index is 0.956. The van der Waals surface area contributed by atoms with Gasteiger partial charge in [0.25, 0.3) is 0 Å². The molecule has 0 radical (unpaired) electrons. The van der Waals surface area contributed by atoms with E-state index >= 15 is 0 Å². The highest BCUT2D eigenvalue weighted by Gasteiger charge is 2.84. The molecule has 0 bridgehead atoms. The average molecular weight is 286 g/mol. The zero-order valence-electron chi connectivity index (χ0n) is 9.58. The Balaban J connectivity index is 3.13. The summed E-state index contributed by atoms with van der Waals surface area (Å²) in [6.07, 6.45) is -8.09. The van der Waals surface area contributed by atoms with Gasteiger partial charge in [-0.25, -0.2) is 0 Å². The van der Waals surface area contributed by atoms with Gasteiger partial charge in [0.1, 0.15) is 12.6 Å². The zero-order valence-corrected chi connectivity index (χ0v) is 9.58. The van der Waals surface area contributed by atoms with Crippen molar-refractivity contribution < 1.29 is 55.2 Å². The molecule has 0 saturated carbocycles. The first-order chi connectivity index (χ1) is 8.27. The maximum atomic E-state index is 10.4. The van der Waals surface area contributed by atoms with Crippen molar-refractivity contribution in [3.8, 4) is 0 Å². The SMILES string of the molecule is O=C(O)CC(O)C[N+]1(C(O)(O)O)C(O)(O)CC1(O)O. The largest absolute Gasteiger partial charge is 0.481 e. The predicted molar refractivity (Wildman–Crippen MR) is 51.7 cm³/mol. The van der Waals surface area contributed by atoms with Gasteiger partial charge in [-0.2, -0.15) is 0 Å². The number of aliphatic hydroxyl groups is 8. The minimum Gasteiger partial charge on any atom is -0.481 e. The average Bonchev–Trinajstić information content (AvgIpc) is 2.07. The minimum atomic E-state index is -4.04. The van der Waals surface area contributed by atoms with Crippen molar-refractivity contribution in [1.82, 2.24) is 0 Å². The maximum absolute atomic E-state index is 10.4. The Kier molecular flexibility index (Phi) is 3.66. The van der Waals surface area contributed by atoms with Gasteiger partial charge >= 0.3 is 23.9 Å². The van der Waals surface area contributed by atoms with E-state index in [9.17, 15) is 30.3 Å². The second kappa shape index (κ2) is 4.31. The molecule has 1 saturated heterocycles. The third kappa shape index (κ3) is 2.31. The maximum Gasteiger partial charge on any atom is 0.450 e. The molecule has 1 heterocycles. The van der Waals surface area contributed by atoms with E-state index in [0.717, 1.165) is 0 Å². The van der Waals surface area contributed by atoms with Crippen molar-refractivity contribution in [2.45, 2.75) is 36.9 Å². The fourth-order valence-corrected chi connectivity index (χ4v) is 2.26. The van der Waals surface area contributed by atoms with Gasteiger partial charge in [-0.15, -0.1) is 4.48 Å². The Bertz CT molecular complexity index is 341. The van der Waals surface area contributed by atoms with Gasteiger partial charge in [0.2, 0.25) is 0 Å². The summed E-state index contributed by atoms with van der Waals surface area (Å²) in [5, 5.41) is 83.0. The van der Waals surface area contributed by atoms with Gasteiger partial charge in [0, 0.05) is 0 Å².